The summed E-state index contributed by atoms with van der Waals surface area (Å²) in [6.07, 6.45) is 0.298. The second-order valence-electron chi connectivity index (χ2n) is 6.28. The fraction of sp³-hybridized carbons (Fsp3) is 0.562. The topological polar surface area (TPSA) is 38.8 Å². The summed E-state index contributed by atoms with van der Waals surface area (Å²) in [6.45, 7) is 6.62. The van der Waals surface area contributed by atoms with E-state index in [2.05, 4.69) is 0 Å². The molecule has 4 nitrogen and oxygen atoms in total. The molecule has 1 atom stereocenters. The third kappa shape index (κ3) is 4.11. The van der Waals surface area contributed by atoms with Crippen LogP contribution in [0.2, 0.25) is 5.02 Å². The van der Waals surface area contributed by atoms with E-state index >= 15 is 0 Å². The number of ether oxygens (including phenoxy) is 2. The zero-order chi connectivity index (χ0) is 15.6. The number of hydrogen-bond acceptors (Lipinski definition) is 3. The molecule has 5 heteroatoms. The Labute approximate surface area is 131 Å². The van der Waals surface area contributed by atoms with Crippen LogP contribution in [-0.4, -0.2) is 36.8 Å². The number of hydrogen-bond donors (Lipinski definition) is 0. The molecule has 1 heterocycles. The van der Waals surface area contributed by atoms with Crippen LogP contribution in [-0.2, 0) is 15.9 Å². The van der Waals surface area contributed by atoms with E-state index in [-0.39, 0.29) is 12.2 Å². The smallest absolute Gasteiger partial charge is 0.410 e. The summed E-state index contributed by atoms with van der Waals surface area (Å²) in [6, 6.07) is 5.81. The second kappa shape index (κ2) is 6.24. The molecule has 0 N–H and O–H groups in total. The average molecular weight is 312 g/mol. The summed E-state index contributed by atoms with van der Waals surface area (Å²) in [4.78, 5) is 13.6. The van der Waals surface area contributed by atoms with E-state index < -0.39 is 5.60 Å². The van der Waals surface area contributed by atoms with Gasteiger partial charge in [-0.2, -0.15) is 0 Å². The number of rotatable bonds is 2. The molecule has 1 amide bonds. The number of fused-ring (bicyclic) bond motifs is 1. The van der Waals surface area contributed by atoms with E-state index in [1.807, 2.05) is 39.0 Å². The van der Waals surface area contributed by atoms with Gasteiger partial charge >= 0.3 is 6.09 Å². The summed E-state index contributed by atoms with van der Waals surface area (Å²) < 4.78 is 11.2. The van der Waals surface area contributed by atoms with Crippen molar-refractivity contribution in [2.75, 3.05) is 20.2 Å². The number of amides is 1. The van der Waals surface area contributed by atoms with Gasteiger partial charge in [-0.25, -0.2) is 4.79 Å². The zero-order valence-electron chi connectivity index (χ0n) is 13.0. The predicted molar refractivity (Wildman–Crippen MR) is 82.7 cm³/mol. The van der Waals surface area contributed by atoms with E-state index in [0.29, 0.717) is 13.2 Å². The summed E-state index contributed by atoms with van der Waals surface area (Å²) in [5, 5.41) is 0.765. The van der Waals surface area contributed by atoms with Crippen molar-refractivity contribution < 1.29 is 14.3 Å². The third-order valence-electron chi connectivity index (χ3n) is 3.32. The first-order valence-corrected chi connectivity index (χ1v) is 7.49. The minimum absolute atomic E-state index is 0.162. The van der Waals surface area contributed by atoms with Gasteiger partial charge < -0.3 is 14.4 Å². The summed E-state index contributed by atoms with van der Waals surface area (Å²) >= 11 is 6.23. The number of carbonyl (C=O) groups excluding carboxylic acids is 1. The molecule has 0 unspecified atom stereocenters. The Morgan fingerprint density at radius 1 is 1.48 bits per heavy atom. The standard InChI is InChI=1S/C16H22ClNO3/c1-16(2,3)21-15(19)18(4)10-14-12-6-5-7-13(17)11(12)8-9-20-14/h5-7,14H,8-10H2,1-4H3/t14-/m0/s1. The lowest BCUT2D eigenvalue weighted by molar-refractivity contribution is -0.00163. The highest BCUT2D eigenvalue weighted by Crippen LogP contribution is 2.32. The molecule has 0 fully saturated rings. The van der Waals surface area contributed by atoms with Crippen molar-refractivity contribution in [3.63, 3.8) is 0 Å². The van der Waals surface area contributed by atoms with Crippen LogP contribution in [0.5, 0.6) is 0 Å². The van der Waals surface area contributed by atoms with Gasteiger partial charge in [0.1, 0.15) is 11.7 Å². The number of likely N-dealkylation sites (N-methyl/N-ethyl adjacent to an activating group) is 1. The molecule has 0 spiro atoms. The molecular formula is C16H22ClNO3. The highest BCUT2D eigenvalue weighted by Gasteiger charge is 2.27. The van der Waals surface area contributed by atoms with E-state index in [9.17, 15) is 4.79 Å². The van der Waals surface area contributed by atoms with Crippen LogP contribution in [0.15, 0.2) is 18.2 Å². The number of carbonyl (C=O) groups is 1. The minimum atomic E-state index is -0.500. The second-order valence-corrected chi connectivity index (χ2v) is 6.69. The van der Waals surface area contributed by atoms with Crippen molar-refractivity contribution in [3.05, 3.63) is 34.3 Å². The van der Waals surface area contributed by atoms with Gasteiger partial charge in [-0.3, -0.25) is 0 Å². The average Bonchev–Trinajstić information content (AvgIpc) is 2.38. The Balaban J connectivity index is 2.08. The lowest BCUT2D eigenvalue weighted by atomic mass is 9.97. The van der Waals surface area contributed by atoms with E-state index in [0.717, 1.165) is 22.6 Å². The Hall–Kier alpha value is -1.26. The van der Waals surface area contributed by atoms with Gasteiger partial charge in [-0.1, -0.05) is 23.7 Å². The monoisotopic (exact) mass is 311 g/mol. The quantitative estimate of drug-likeness (QED) is 0.833. The van der Waals surface area contributed by atoms with Crippen molar-refractivity contribution in [2.45, 2.75) is 38.9 Å². The third-order valence-corrected chi connectivity index (χ3v) is 3.67. The van der Waals surface area contributed by atoms with E-state index in [1.54, 1.807) is 11.9 Å². The van der Waals surface area contributed by atoms with Gasteiger partial charge in [0, 0.05) is 12.1 Å². The summed E-state index contributed by atoms with van der Waals surface area (Å²) in [5.41, 5.74) is 1.68. The fourth-order valence-corrected chi connectivity index (χ4v) is 2.62. The predicted octanol–water partition coefficient (Wildman–Crippen LogP) is 3.82. The van der Waals surface area contributed by atoms with Gasteiger partial charge in [0.05, 0.1) is 13.2 Å². The molecule has 1 aromatic rings. The fourth-order valence-electron chi connectivity index (χ4n) is 2.35. The minimum Gasteiger partial charge on any atom is -0.444 e. The number of benzene rings is 1. The molecule has 1 aliphatic rings. The first kappa shape index (κ1) is 16.1. The molecule has 0 aliphatic carbocycles. The molecule has 0 radical (unpaired) electrons. The molecule has 0 saturated heterocycles. The number of nitrogens with zero attached hydrogens (tertiary/aromatic N) is 1. The van der Waals surface area contributed by atoms with Gasteiger partial charge in [0.25, 0.3) is 0 Å². The van der Waals surface area contributed by atoms with Gasteiger partial charge in [0.2, 0.25) is 0 Å². The van der Waals surface area contributed by atoms with Crippen molar-refractivity contribution in [1.82, 2.24) is 4.90 Å². The maximum absolute atomic E-state index is 12.0. The molecule has 21 heavy (non-hydrogen) atoms. The van der Waals surface area contributed by atoms with E-state index in [4.69, 9.17) is 21.1 Å². The van der Waals surface area contributed by atoms with Crippen LogP contribution >= 0.6 is 11.6 Å². The molecule has 0 bridgehead atoms. The largest absolute Gasteiger partial charge is 0.444 e. The van der Waals surface area contributed by atoms with Gasteiger partial charge in [-0.15, -0.1) is 0 Å². The van der Waals surface area contributed by atoms with Crippen LogP contribution in [0, 0.1) is 0 Å². The van der Waals surface area contributed by atoms with Crippen LogP contribution in [0.25, 0.3) is 0 Å². The van der Waals surface area contributed by atoms with Crippen molar-refractivity contribution >= 4 is 17.7 Å². The summed E-state index contributed by atoms with van der Waals surface area (Å²) in [5.74, 6) is 0. The molecule has 0 aromatic heterocycles. The Kier molecular flexibility index (Phi) is 4.79. The maximum Gasteiger partial charge on any atom is 0.410 e. The van der Waals surface area contributed by atoms with E-state index in [1.165, 1.54) is 0 Å². The molecular weight excluding hydrogens is 290 g/mol. The lowest BCUT2D eigenvalue weighted by Crippen LogP contribution is -2.37. The molecule has 0 saturated carbocycles. The maximum atomic E-state index is 12.0. The molecule has 116 valence electrons. The van der Waals surface area contributed by atoms with Gasteiger partial charge in [-0.05, 0) is 44.4 Å². The first-order chi connectivity index (χ1) is 9.78. The van der Waals surface area contributed by atoms with Crippen molar-refractivity contribution in [2.24, 2.45) is 0 Å². The Bertz CT molecular complexity index is 525. The Morgan fingerprint density at radius 2 is 2.19 bits per heavy atom. The van der Waals surface area contributed by atoms with Crippen LogP contribution in [0.1, 0.15) is 38.0 Å². The SMILES string of the molecule is CN(C[C@@H]1OCCc2c(Cl)cccc21)C(=O)OC(C)(C)C. The van der Waals surface area contributed by atoms with Crippen LogP contribution < -0.4 is 0 Å². The highest BCUT2D eigenvalue weighted by atomic mass is 35.5. The first-order valence-electron chi connectivity index (χ1n) is 7.11. The van der Waals surface area contributed by atoms with Crippen molar-refractivity contribution in [1.29, 1.82) is 0 Å². The van der Waals surface area contributed by atoms with Crippen LogP contribution in [0.3, 0.4) is 0 Å². The summed E-state index contributed by atoms with van der Waals surface area (Å²) in [7, 11) is 1.72. The lowest BCUT2D eigenvalue weighted by Gasteiger charge is -2.31. The molecule has 1 aliphatic heterocycles. The highest BCUT2D eigenvalue weighted by molar-refractivity contribution is 6.31. The zero-order valence-corrected chi connectivity index (χ0v) is 13.7. The number of halogens is 1. The van der Waals surface area contributed by atoms with Crippen LogP contribution in [0.4, 0.5) is 4.79 Å². The molecule has 2 rings (SSSR count). The van der Waals surface area contributed by atoms with Crippen molar-refractivity contribution in [3.8, 4) is 0 Å². The molecule has 1 aromatic carbocycles. The van der Waals surface area contributed by atoms with Gasteiger partial charge in [0.15, 0.2) is 0 Å². The Morgan fingerprint density at radius 3 is 2.86 bits per heavy atom. The normalized spacial score (nSPS) is 18.0.